The number of nitrogens with one attached hydrogen (secondary N) is 1. The van der Waals surface area contributed by atoms with E-state index in [1.807, 2.05) is 0 Å². The zero-order chi connectivity index (χ0) is 15.2. The number of unbranched alkanes of at least 4 members (excludes halogenated alkanes) is 1. The molecule has 0 spiro atoms. The summed E-state index contributed by atoms with van der Waals surface area (Å²) in [6, 6.07) is 6.77. The van der Waals surface area contributed by atoms with Crippen molar-refractivity contribution in [2.45, 2.75) is 59.8 Å². The topological polar surface area (TPSA) is 24.9 Å². The molecule has 0 saturated heterocycles. The first-order valence-electron chi connectivity index (χ1n) is 8.37. The van der Waals surface area contributed by atoms with E-state index in [0.717, 1.165) is 31.3 Å². The monoisotopic (exact) mass is 284 g/mol. The van der Waals surface area contributed by atoms with E-state index in [0.29, 0.717) is 0 Å². The van der Waals surface area contributed by atoms with Gasteiger partial charge in [0.05, 0.1) is 5.52 Å². The Hall–Kier alpha value is -1.57. The number of rotatable bonds is 7. The number of aryl methyl sites for hydroxylation is 2. The van der Waals surface area contributed by atoms with Gasteiger partial charge < -0.3 is 5.32 Å². The lowest BCUT2D eigenvalue weighted by molar-refractivity contribution is 0.796. The van der Waals surface area contributed by atoms with Crippen molar-refractivity contribution >= 4 is 16.6 Å². The molecule has 1 aromatic heterocycles. The van der Waals surface area contributed by atoms with Gasteiger partial charge in [0.2, 0.25) is 0 Å². The van der Waals surface area contributed by atoms with Gasteiger partial charge in [-0.2, -0.15) is 0 Å². The number of hydrogen-bond donors (Lipinski definition) is 1. The van der Waals surface area contributed by atoms with E-state index in [-0.39, 0.29) is 0 Å². The van der Waals surface area contributed by atoms with E-state index in [1.165, 1.54) is 40.7 Å². The number of nitrogens with zero attached hydrogens (tertiary/aromatic N) is 1. The van der Waals surface area contributed by atoms with E-state index in [4.69, 9.17) is 4.98 Å². The lowest BCUT2D eigenvalue weighted by atomic mass is 10.0. The summed E-state index contributed by atoms with van der Waals surface area (Å²) in [5.74, 6) is 0. The molecule has 2 heteroatoms. The fourth-order valence-electron chi connectivity index (χ4n) is 2.81. The zero-order valence-electron chi connectivity index (χ0n) is 13.9. The summed E-state index contributed by atoms with van der Waals surface area (Å²) in [5, 5.41) is 4.91. The molecule has 0 radical (unpaired) electrons. The van der Waals surface area contributed by atoms with Crippen molar-refractivity contribution in [3.05, 3.63) is 35.0 Å². The lowest BCUT2D eigenvalue weighted by Crippen LogP contribution is -2.06. The van der Waals surface area contributed by atoms with Crippen molar-refractivity contribution in [3.8, 4) is 0 Å². The van der Waals surface area contributed by atoms with E-state index in [1.54, 1.807) is 0 Å². The quantitative estimate of drug-likeness (QED) is 0.749. The Kier molecular flexibility index (Phi) is 5.60. The third-order valence-corrected chi connectivity index (χ3v) is 4.10. The molecular formula is C19H28N2. The summed E-state index contributed by atoms with van der Waals surface area (Å²) in [5.41, 5.74) is 6.36. The SMILES string of the molecule is CCCCc1ccc2nc(CC)c(C)c(NCCC)c2c1. The van der Waals surface area contributed by atoms with Gasteiger partial charge >= 0.3 is 0 Å². The Morgan fingerprint density at radius 2 is 1.90 bits per heavy atom. The number of benzene rings is 1. The molecule has 0 saturated carbocycles. The minimum absolute atomic E-state index is 0.986. The number of hydrogen-bond acceptors (Lipinski definition) is 2. The van der Waals surface area contributed by atoms with Crippen LogP contribution in [0.1, 0.15) is 56.9 Å². The average molecular weight is 284 g/mol. The third-order valence-electron chi connectivity index (χ3n) is 4.10. The second-order valence-corrected chi connectivity index (χ2v) is 5.79. The molecule has 0 fully saturated rings. The third kappa shape index (κ3) is 3.55. The summed E-state index contributed by atoms with van der Waals surface area (Å²) in [7, 11) is 0. The van der Waals surface area contributed by atoms with Crippen LogP contribution in [-0.4, -0.2) is 11.5 Å². The molecule has 1 aromatic carbocycles. The van der Waals surface area contributed by atoms with Crippen molar-refractivity contribution in [1.29, 1.82) is 0 Å². The smallest absolute Gasteiger partial charge is 0.0726 e. The van der Waals surface area contributed by atoms with Gasteiger partial charge in [-0.25, -0.2) is 0 Å². The molecule has 1 N–H and O–H groups in total. The maximum atomic E-state index is 4.84. The van der Waals surface area contributed by atoms with E-state index >= 15 is 0 Å². The van der Waals surface area contributed by atoms with Gasteiger partial charge in [0.25, 0.3) is 0 Å². The van der Waals surface area contributed by atoms with Crippen LogP contribution in [0.4, 0.5) is 5.69 Å². The summed E-state index contributed by atoms with van der Waals surface area (Å²) in [6.45, 7) is 9.85. The van der Waals surface area contributed by atoms with Gasteiger partial charge in [0.15, 0.2) is 0 Å². The molecule has 2 rings (SSSR count). The molecule has 0 atom stereocenters. The summed E-state index contributed by atoms with van der Waals surface area (Å²) < 4.78 is 0. The number of anilines is 1. The van der Waals surface area contributed by atoms with E-state index in [9.17, 15) is 0 Å². The Balaban J connectivity index is 2.52. The molecule has 21 heavy (non-hydrogen) atoms. The normalized spacial score (nSPS) is 11.0. The maximum absolute atomic E-state index is 4.84. The zero-order valence-corrected chi connectivity index (χ0v) is 13.9. The van der Waals surface area contributed by atoms with Gasteiger partial charge in [-0.1, -0.05) is 33.3 Å². The molecule has 0 amide bonds. The first-order valence-corrected chi connectivity index (χ1v) is 8.37. The molecule has 2 aromatic rings. The highest BCUT2D eigenvalue weighted by Gasteiger charge is 2.11. The van der Waals surface area contributed by atoms with Crippen LogP contribution in [0, 0.1) is 6.92 Å². The first-order chi connectivity index (χ1) is 10.2. The van der Waals surface area contributed by atoms with Crippen LogP contribution >= 0.6 is 0 Å². The van der Waals surface area contributed by atoms with Crippen LogP contribution < -0.4 is 5.32 Å². The van der Waals surface area contributed by atoms with Crippen molar-refractivity contribution in [3.63, 3.8) is 0 Å². The molecule has 0 bridgehead atoms. The van der Waals surface area contributed by atoms with Crippen molar-refractivity contribution in [1.82, 2.24) is 4.98 Å². The molecule has 1 heterocycles. The van der Waals surface area contributed by atoms with E-state index < -0.39 is 0 Å². The number of aromatic nitrogens is 1. The van der Waals surface area contributed by atoms with Crippen LogP contribution in [0.25, 0.3) is 10.9 Å². The Morgan fingerprint density at radius 1 is 1.10 bits per heavy atom. The lowest BCUT2D eigenvalue weighted by Gasteiger charge is -2.16. The molecule has 0 unspecified atom stereocenters. The van der Waals surface area contributed by atoms with Crippen molar-refractivity contribution in [2.75, 3.05) is 11.9 Å². The minimum atomic E-state index is 0.986. The Labute approximate surface area is 129 Å². The van der Waals surface area contributed by atoms with E-state index in [2.05, 4.69) is 51.2 Å². The highest BCUT2D eigenvalue weighted by molar-refractivity contribution is 5.93. The Bertz CT molecular complexity index is 602. The molecule has 114 valence electrons. The standard InChI is InChI=1S/C19H28N2/c1-5-8-9-15-10-11-18-16(13-15)19(20-12-6-2)14(4)17(7-3)21-18/h10-11,13H,5-9,12H2,1-4H3,(H,20,21). The minimum Gasteiger partial charge on any atom is -0.384 e. The highest BCUT2D eigenvalue weighted by Crippen LogP contribution is 2.29. The van der Waals surface area contributed by atoms with Gasteiger partial charge in [0.1, 0.15) is 0 Å². The fourth-order valence-corrected chi connectivity index (χ4v) is 2.81. The van der Waals surface area contributed by atoms with Crippen LogP contribution in [0.2, 0.25) is 0 Å². The van der Waals surface area contributed by atoms with Gasteiger partial charge in [-0.05, 0) is 55.9 Å². The largest absolute Gasteiger partial charge is 0.384 e. The number of pyridine rings is 1. The van der Waals surface area contributed by atoms with Crippen LogP contribution in [0.3, 0.4) is 0 Å². The summed E-state index contributed by atoms with van der Waals surface area (Å²) in [4.78, 5) is 4.84. The van der Waals surface area contributed by atoms with Crippen molar-refractivity contribution < 1.29 is 0 Å². The van der Waals surface area contributed by atoms with Gasteiger partial charge in [-0.15, -0.1) is 0 Å². The van der Waals surface area contributed by atoms with Crippen LogP contribution in [0.5, 0.6) is 0 Å². The van der Waals surface area contributed by atoms with Gasteiger partial charge in [-0.3, -0.25) is 4.98 Å². The predicted octanol–water partition coefficient (Wildman–Crippen LogP) is 5.27. The van der Waals surface area contributed by atoms with Crippen LogP contribution in [0.15, 0.2) is 18.2 Å². The Morgan fingerprint density at radius 3 is 2.57 bits per heavy atom. The highest BCUT2D eigenvalue weighted by atomic mass is 14.9. The molecule has 2 nitrogen and oxygen atoms in total. The van der Waals surface area contributed by atoms with Crippen LogP contribution in [-0.2, 0) is 12.8 Å². The van der Waals surface area contributed by atoms with Gasteiger partial charge in [0, 0.05) is 23.3 Å². The fraction of sp³-hybridized carbons (Fsp3) is 0.526. The second-order valence-electron chi connectivity index (χ2n) is 5.79. The number of fused-ring (bicyclic) bond motifs is 1. The predicted molar refractivity (Wildman–Crippen MR) is 93.3 cm³/mol. The first kappa shape index (κ1) is 15.8. The maximum Gasteiger partial charge on any atom is 0.0726 e. The second kappa shape index (κ2) is 7.44. The molecular weight excluding hydrogens is 256 g/mol. The van der Waals surface area contributed by atoms with Crippen molar-refractivity contribution in [2.24, 2.45) is 0 Å². The summed E-state index contributed by atoms with van der Waals surface area (Å²) in [6.07, 6.45) is 5.78. The summed E-state index contributed by atoms with van der Waals surface area (Å²) >= 11 is 0. The average Bonchev–Trinajstić information content (AvgIpc) is 2.51. The molecule has 0 aliphatic heterocycles. The molecule has 0 aliphatic carbocycles. The molecule has 0 aliphatic rings.